The monoisotopic (exact) mass is 587 g/mol. The fraction of sp³-hybridized carbons (Fsp3) is 0.769. The number of aliphatic hydroxyl groups is 1. The molecule has 5 atom stereocenters. The molecule has 5 amide bonds. The van der Waals surface area contributed by atoms with E-state index in [0.29, 0.717) is 25.8 Å². The molecule has 0 aliphatic heterocycles. The lowest BCUT2D eigenvalue weighted by Gasteiger charge is -2.26. The maximum Gasteiger partial charge on any atom is 0.326 e. The molecule has 0 heterocycles. The summed E-state index contributed by atoms with van der Waals surface area (Å²) in [6.45, 7) is 6.81. The van der Waals surface area contributed by atoms with Crippen LogP contribution in [0.25, 0.3) is 0 Å². The molecule has 0 aromatic rings. The lowest BCUT2D eigenvalue weighted by Crippen LogP contribution is -2.59. The van der Waals surface area contributed by atoms with Gasteiger partial charge < -0.3 is 48.7 Å². The van der Waals surface area contributed by atoms with Crippen LogP contribution >= 0.6 is 0 Å². The van der Waals surface area contributed by atoms with Crippen molar-refractivity contribution in [1.29, 1.82) is 0 Å². The van der Waals surface area contributed by atoms with Crippen LogP contribution in [0.1, 0.15) is 72.6 Å². The number of unbranched alkanes of at least 4 members (excludes halogenated alkanes) is 1. The lowest BCUT2D eigenvalue weighted by atomic mass is 10.0. The molecule has 15 heteroatoms. The van der Waals surface area contributed by atoms with Crippen molar-refractivity contribution in [2.75, 3.05) is 13.2 Å². The zero-order valence-corrected chi connectivity index (χ0v) is 24.5. The van der Waals surface area contributed by atoms with Gasteiger partial charge >= 0.3 is 5.97 Å². The normalized spacial score (nSPS) is 14.9. The standard InChI is InChI=1S/C26H49N7O8/c1-14(2)11-16(28)22(36)30-18(8-9-21(29)35)24(38)33-20(13-34)25(39)31-17(7-5-6-10-27)23(37)32-19(26(40)41)12-15(3)4/h14-20,34H,5-13,27-28H2,1-4H3,(H2,29,35)(H,30,36)(H,31,39)(H,32,37)(H,33,38)(H,40,41)/t16-,17-,18-,19-,20-/m0/s1. The topological polar surface area (TPSA) is 269 Å². The van der Waals surface area contributed by atoms with Gasteiger partial charge in [0.2, 0.25) is 29.5 Å². The zero-order valence-electron chi connectivity index (χ0n) is 24.5. The Labute approximate surface area is 241 Å². The minimum Gasteiger partial charge on any atom is -0.480 e. The molecule has 15 nitrogen and oxygen atoms in total. The molecule has 0 saturated heterocycles. The van der Waals surface area contributed by atoms with Crippen molar-refractivity contribution in [2.45, 2.75) is 103 Å². The number of carboxylic acid groups (broad SMARTS) is 1. The van der Waals surface area contributed by atoms with Crippen LogP contribution in [0.2, 0.25) is 0 Å². The van der Waals surface area contributed by atoms with Crippen molar-refractivity contribution in [2.24, 2.45) is 29.0 Å². The number of carbonyl (C=O) groups excluding carboxylic acids is 5. The van der Waals surface area contributed by atoms with Gasteiger partial charge in [0.1, 0.15) is 24.2 Å². The number of amides is 5. The summed E-state index contributed by atoms with van der Waals surface area (Å²) >= 11 is 0. The molecule has 0 saturated carbocycles. The highest BCUT2D eigenvalue weighted by Gasteiger charge is 2.31. The number of hydrogen-bond donors (Lipinski definition) is 9. The van der Waals surface area contributed by atoms with Crippen molar-refractivity contribution < 1.29 is 39.0 Å². The first-order chi connectivity index (χ1) is 19.1. The van der Waals surface area contributed by atoms with Gasteiger partial charge in [-0.3, -0.25) is 24.0 Å². The van der Waals surface area contributed by atoms with Crippen LogP contribution in [0.5, 0.6) is 0 Å². The van der Waals surface area contributed by atoms with Crippen LogP contribution in [0.15, 0.2) is 0 Å². The Kier molecular flexibility index (Phi) is 18.1. The second-order valence-corrected chi connectivity index (χ2v) is 10.9. The number of aliphatic carboxylic acids is 1. The highest BCUT2D eigenvalue weighted by Crippen LogP contribution is 2.08. The van der Waals surface area contributed by atoms with E-state index in [9.17, 15) is 39.0 Å². The quantitative estimate of drug-likeness (QED) is 0.0655. The van der Waals surface area contributed by atoms with E-state index >= 15 is 0 Å². The van der Waals surface area contributed by atoms with Gasteiger partial charge in [0.15, 0.2) is 0 Å². The summed E-state index contributed by atoms with van der Waals surface area (Å²) < 4.78 is 0. The minimum absolute atomic E-state index is 0.0291. The van der Waals surface area contributed by atoms with E-state index in [4.69, 9.17) is 17.2 Å². The molecule has 0 radical (unpaired) electrons. The van der Waals surface area contributed by atoms with Gasteiger partial charge in [0.05, 0.1) is 12.6 Å². The number of nitrogens with one attached hydrogen (secondary N) is 4. The largest absolute Gasteiger partial charge is 0.480 e. The summed E-state index contributed by atoms with van der Waals surface area (Å²) in [4.78, 5) is 74.4. The van der Waals surface area contributed by atoms with Gasteiger partial charge in [0, 0.05) is 6.42 Å². The van der Waals surface area contributed by atoms with Crippen molar-refractivity contribution in [3.8, 4) is 0 Å². The molecule has 12 N–H and O–H groups in total. The Morgan fingerprint density at radius 3 is 1.61 bits per heavy atom. The predicted molar refractivity (Wildman–Crippen MR) is 151 cm³/mol. The number of primary amides is 1. The predicted octanol–water partition coefficient (Wildman–Crippen LogP) is -2.18. The molecule has 0 aromatic carbocycles. The molecule has 0 aromatic heterocycles. The minimum atomic E-state index is -1.53. The van der Waals surface area contributed by atoms with E-state index in [0.717, 1.165) is 0 Å². The Morgan fingerprint density at radius 1 is 0.683 bits per heavy atom. The number of hydrogen-bond acceptors (Lipinski definition) is 9. The van der Waals surface area contributed by atoms with Gasteiger partial charge in [-0.1, -0.05) is 27.7 Å². The maximum absolute atomic E-state index is 13.0. The number of aliphatic hydroxyl groups excluding tert-OH is 1. The van der Waals surface area contributed by atoms with Crippen LogP contribution in [-0.2, 0) is 28.8 Å². The molecule has 0 unspecified atom stereocenters. The fourth-order valence-electron chi connectivity index (χ4n) is 3.91. The van der Waals surface area contributed by atoms with Crippen LogP contribution in [0, 0.1) is 11.8 Å². The van der Waals surface area contributed by atoms with E-state index in [1.807, 2.05) is 13.8 Å². The summed E-state index contributed by atoms with van der Waals surface area (Å²) in [5.74, 6) is -5.05. The second kappa shape index (κ2) is 19.7. The molecule has 0 rings (SSSR count). The van der Waals surface area contributed by atoms with E-state index in [2.05, 4.69) is 21.3 Å². The van der Waals surface area contributed by atoms with Crippen LogP contribution < -0.4 is 38.5 Å². The highest BCUT2D eigenvalue weighted by atomic mass is 16.4. The molecule has 41 heavy (non-hydrogen) atoms. The molecule has 0 aliphatic carbocycles. The number of carboxylic acids is 1. The average molecular weight is 588 g/mol. The van der Waals surface area contributed by atoms with E-state index in [1.165, 1.54) is 0 Å². The SMILES string of the molecule is CC(C)C[C@H](NC(=O)[C@H](CCCCN)NC(=O)[C@H](CO)NC(=O)[C@H](CCC(N)=O)NC(=O)[C@@H](N)CC(C)C)C(=O)O. The first-order valence-corrected chi connectivity index (χ1v) is 13.9. The Balaban J connectivity index is 5.66. The van der Waals surface area contributed by atoms with Crippen molar-refractivity contribution in [3.63, 3.8) is 0 Å². The molecular formula is C26H49N7O8. The first kappa shape index (κ1) is 37.7. The summed E-state index contributed by atoms with van der Waals surface area (Å²) in [6, 6.07) is -6.09. The van der Waals surface area contributed by atoms with Gasteiger partial charge in [-0.2, -0.15) is 0 Å². The maximum atomic E-state index is 13.0. The highest BCUT2D eigenvalue weighted by molar-refractivity contribution is 5.95. The molecule has 0 fully saturated rings. The molecular weight excluding hydrogens is 538 g/mol. The van der Waals surface area contributed by atoms with Gasteiger partial charge in [0.25, 0.3) is 0 Å². The fourth-order valence-corrected chi connectivity index (χ4v) is 3.91. The summed E-state index contributed by atoms with van der Waals surface area (Å²) in [5, 5.41) is 29.0. The summed E-state index contributed by atoms with van der Waals surface area (Å²) in [5.41, 5.74) is 16.6. The Hall–Kier alpha value is -3.30. The third-order valence-electron chi connectivity index (χ3n) is 6.09. The smallest absolute Gasteiger partial charge is 0.326 e. The molecule has 0 bridgehead atoms. The molecule has 0 spiro atoms. The summed E-state index contributed by atoms with van der Waals surface area (Å²) in [7, 11) is 0. The average Bonchev–Trinajstić information content (AvgIpc) is 2.87. The lowest BCUT2D eigenvalue weighted by molar-refractivity contribution is -0.143. The second-order valence-electron chi connectivity index (χ2n) is 10.9. The third-order valence-corrected chi connectivity index (χ3v) is 6.09. The van der Waals surface area contributed by atoms with Crippen molar-refractivity contribution in [3.05, 3.63) is 0 Å². The Morgan fingerprint density at radius 2 is 1.15 bits per heavy atom. The van der Waals surface area contributed by atoms with E-state index in [-0.39, 0.29) is 37.5 Å². The molecule has 236 valence electrons. The van der Waals surface area contributed by atoms with E-state index in [1.54, 1.807) is 13.8 Å². The van der Waals surface area contributed by atoms with Gasteiger partial charge in [-0.25, -0.2) is 4.79 Å². The van der Waals surface area contributed by atoms with Crippen molar-refractivity contribution >= 4 is 35.5 Å². The van der Waals surface area contributed by atoms with Gasteiger partial charge in [-0.15, -0.1) is 0 Å². The molecule has 0 aliphatic rings. The number of rotatable bonds is 21. The number of carbonyl (C=O) groups is 6. The number of nitrogens with two attached hydrogens (primary N) is 3. The van der Waals surface area contributed by atoms with Crippen LogP contribution in [0.3, 0.4) is 0 Å². The zero-order chi connectivity index (χ0) is 31.7. The first-order valence-electron chi connectivity index (χ1n) is 13.9. The summed E-state index contributed by atoms with van der Waals surface area (Å²) in [6.07, 6.45) is 1.17. The van der Waals surface area contributed by atoms with Crippen LogP contribution in [0.4, 0.5) is 0 Å². The van der Waals surface area contributed by atoms with E-state index < -0.39 is 72.3 Å². The third kappa shape index (κ3) is 15.9. The Bertz CT molecular complexity index is 884. The van der Waals surface area contributed by atoms with Gasteiger partial charge in [-0.05, 0) is 56.9 Å². The van der Waals surface area contributed by atoms with Crippen LogP contribution in [-0.4, -0.2) is 89.1 Å². The van der Waals surface area contributed by atoms with Crippen molar-refractivity contribution in [1.82, 2.24) is 21.3 Å².